The number of hydrogen-bond acceptors (Lipinski definition) is 6. The Kier molecular flexibility index (Phi) is 5.18. The molecule has 0 radical (unpaired) electrons. The van der Waals surface area contributed by atoms with Crippen molar-refractivity contribution in [3.63, 3.8) is 0 Å². The van der Waals surface area contributed by atoms with Crippen LogP contribution in [0.5, 0.6) is 0 Å². The van der Waals surface area contributed by atoms with Gasteiger partial charge in [-0.05, 0) is 19.1 Å². The maximum absolute atomic E-state index is 12.6. The molecule has 28 heavy (non-hydrogen) atoms. The van der Waals surface area contributed by atoms with E-state index in [1.165, 1.54) is 10.7 Å². The summed E-state index contributed by atoms with van der Waals surface area (Å²) in [7, 11) is 0. The van der Waals surface area contributed by atoms with Crippen LogP contribution in [0.4, 0.5) is 19.0 Å². The van der Waals surface area contributed by atoms with E-state index in [-0.39, 0.29) is 17.0 Å². The molecule has 0 aliphatic heterocycles. The largest absolute Gasteiger partial charge is 0.452 e. The molecule has 0 aromatic carbocycles. The number of nitrogens with one attached hydrogen (secondary N) is 1. The Balaban J connectivity index is 1.66. The van der Waals surface area contributed by atoms with Crippen molar-refractivity contribution in [2.24, 2.45) is 0 Å². The summed E-state index contributed by atoms with van der Waals surface area (Å²) in [5, 5.41) is 5.87. The van der Waals surface area contributed by atoms with Crippen molar-refractivity contribution < 1.29 is 27.5 Å². The maximum Gasteiger partial charge on any atom is 0.417 e. The first-order valence-electron chi connectivity index (χ1n) is 7.66. The van der Waals surface area contributed by atoms with Gasteiger partial charge in [-0.3, -0.25) is 4.79 Å². The molecule has 3 rings (SSSR count). The van der Waals surface area contributed by atoms with Crippen LogP contribution < -0.4 is 5.32 Å². The molecule has 3 heterocycles. The summed E-state index contributed by atoms with van der Waals surface area (Å²) in [4.78, 5) is 31.7. The minimum atomic E-state index is -4.62. The number of carbonyl (C=O) groups excluding carboxylic acids is 2. The van der Waals surface area contributed by atoms with E-state index in [1.54, 1.807) is 19.2 Å². The number of carbonyl (C=O) groups is 2. The second-order valence-corrected chi connectivity index (χ2v) is 5.93. The molecule has 0 unspecified atom stereocenters. The van der Waals surface area contributed by atoms with Crippen LogP contribution in [0.25, 0.3) is 5.65 Å². The fourth-order valence-corrected chi connectivity index (χ4v) is 2.51. The fraction of sp³-hybridized carbons (Fsp3) is 0.188. The van der Waals surface area contributed by atoms with Crippen LogP contribution in [-0.2, 0) is 15.7 Å². The molecule has 0 bridgehead atoms. The van der Waals surface area contributed by atoms with Crippen molar-refractivity contribution in [3.05, 3.63) is 52.6 Å². The predicted molar refractivity (Wildman–Crippen MR) is 90.9 cm³/mol. The van der Waals surface area contributed by atoms with Crippen molar-refractivity contribution in [1.82, 2.24) is 19.6 Å². The van der Waals surface area contributed by atoms with Crippen LogP contribution in [0.2, 0.25) is 5.02 Å². The van der Waals surface area contributed by atoms with E-state index >= 15 is 0 Å². The Bertz CT molecular complexity index is 1070. The number of pyridine rings is 1. The van der Waals surface area contributed by atoms with E-state index in [0.29, 0.717) is 18.0 Å². The summed E-state index contributed by atoms with van der Waals surface area (Å²) in [5.74, 6) is -1.94. The smallest absolute Gasteiger partial charge is 0.417 e. The van der Waals surface area contributed by atoms with Crippen LogP contribution in [0.3, 0.4) is 0 Å². The number of hydrogen-bond donors (Lipinski definition) is 1. The van der Waals surface area contributed by atoms with Crippen molar-refractivity contribution in [2.75, 3.05) is 11.9 Å². The molecule has 0 spiro atoms. The van der Waals surface area contributed by atoms with E-state index in [0.717, 1.165) is 0 Å². The highest BCUT2D eigenvalue weighted by Crippen LogP contribution is 2.32. The molecule has 0 saturated carbocycles. The van der Waals surface area contributed by atoms with E-state index < -0.39 is 35.2 Å². The zero-order valence-corrected chi connectivity index (χ0v) is 14.9. The number of amides is 1. The number of aromatic nitrogens is 4. The minimum Gasteiger partial charge on any atom is -0.452 e. The number of ether oxygens (including phenoxy) is 1. The highest BCUT2D eigenvalue weighted by molar-refractivity contribution is 6.33. The lowest BCUT2D eigenvalue weighted by Crippen LogP contribution is -2.22. The van der Waals surface area contributed by atoms with Crippen molar-refractivity contribution in [2.45, 2.75) is 13.1 Å². The van der Waals surface area contributed by atoms with Crippen molar-refractivity contribution in [3.8, 4) is 0 Å². The van der Waals surface area contributed by atoms with Gasteiger partial charge in [-0.25, -0.2) is 19.3 Å². The fourth-order valence-electron chi connectivity index (χ4n) is 2.29. The molecule has 0 aliphatic rings. The molecule has 3 aromatic heterocycles. The van der Waals surface area contributed by atoms with E-state index in [2.05, 4.69) is 20.4 Å². The third-order valence-electron chi connectivity index (χ3n) is 3.54. The number of rotatable bonds is 4. The Labute approximate surface area is 160 Å². The molecule has 8 nitrogen and oxygen atoms in total. The summed E-state index contributed by atoms with van der Waals surface area (Å²) >= 11 is 5.71. The Morgan fingerprint density at radius 2 is 2.07 bits per heavy atom. The van der Waals surface area contributed by atoms with Gasteiger partial charge in [0.2, 0.25) is 0 Å². The summed E-state index contributed by atoms with van der Waals surface area (Å²) < 4.78 is 44.1. The van der Waals surface area contributed by atoms with Gasteiger partial charge in [0.05, 0.1) is 16.3 Å². The molecule has 0 aliphatic carbocycles. The van der Waals surface area contributed by atoms with Crippen LogP contribution >= 0.6 is 11.6 Å². The Hall–Kier alpha value is -3.21. The number of esters is 1. The van der Waals surface area contributed by atoms with E-state index in [9.17, 15) is 22.8 Å². The van der Waals surface area contributed by atoms with Crippen molar-refractivity contribution in [1.29, 1.82) is 0 Å². The second-order valence-electron chi connectivity index (χ2n) is 5.52. The minimum absolute atomic E-state index is 0.0964. The average Bonchev–Trinajstić information content (AvgIpc) is 2.96. The second kappa shape index (κ2) is 7.43. The molecule has 0 atom stereocenters. The lowest BCUT2D eigenvalue weighted by molar-refractivity contribution is -0.137. The van der Waals surface area contributed by atoms with Gasteiger partial charge in [0.15, 0.2) is 18.1 Å². The first kappa shape index (κ1) is 19.5. The van der Waals surface area contributed by atoms with Crippen LogP contribution in [0.15, 0.2) is 30.7 Å². The van der Waals surface area contributed by atoms with Crippen LogP contribution in [0, 0.1) is 6.92 Å². The molecule has 1 N–H and O–H groups in total. The molecule has 12 heteroatoms. The summed E-state index contributed by atoms with van der Waals surface area (Å²) in [5.41, 5.74) is -0.341. The van der Waals surface area contributed by atoms with Gasteiger partial charge in [0.1, 0.15) is 5.56 Å². The molecule has 146 valence electrons. The van der Waals surface area contributed by atoms with Crippen LogP contribution in [-0.4, -0.2) is 38.1 Å². The first-order chi connectivity index (χ1) is 13.2. The number of fused-ring (bicyclic) bond motifs is 1. The number of aryl methyl sites for hydroxylation is 1. The lowest BCUT2D eigenvalue weighted by atomic mass is 10.2. The maximum atomic E-state index is 12.6. The van der Waals surface area contributed by atoms with Gasteiger partial charge in [0.25, 0.3) is 5.91 Å². The van der Waals surface area contributed by atoms with Gasteiger partial charge >= 0.3 is 12.1 Å². The summed E-state index contributed by atoms with van der Waals surface area (Å²) in [6, 6.07) is 2.26. The Morgan fingerprint density at radius 1 is 1.32 bits per heavy atom. The lowest BCUT2D eigenvalue weighted by Gasteiger charge is -2.10. The highest BCUT2D eigenvalue weighted by atomic mass is 35.5. The number of anilines is 1. The Morgan fingerprint density at radius 3 is 2.75 bits per heavy atom. The number of nitrogens with zero attached hydrogens (tertiary/aromatic N) is 4. The van der Waals surface area contributed by atoms with Gasteiger partial charge in [-0.2, -0.15) is 18.3 Å². The molecule has 0 saturated heterocycles. The van der Waals surface area contributed by atoms with Gasteiger partial charge in [0, 0.05) is 18.6 Å². The highest BCUT2D eigenvalue weighted by Gasteiger charge is 2.31. The number of alkyl halides is 3. The van der Waals surface area contributed by atoms with E-state index in [1.807, 2.05) is 0 Å². The third-order valence-corrected chi connectivity index (χ3v) is 3.82. The number of halogens is 4. The zero-order chi connectivity index (χ0) is 20.5. The summed E-state index contributed by atoms with van der Waals surface area (Å²) in [6.07, 6.45) is -1.02. The molecule has 0 fully saturated rings. The zero-order valence-electron chi connectivity index (χ0n) is 14.1. The standard InChI is InChI=1S/C16H11ClF3N5O3/c1-8-12(14-21-3-2-4-25(14)24-8)15(27)28-7-11(26)23-13-10(17)5-9(6-22-13)16(18,19)20/h2-6H,7H2,1H3,(H,22,23,26). The van der Waals surface area contributed by atoms with Gasteiger partial charge in [-0.15, -0.1) is 0 Å². The van der Waals surface area contributed by atoms with E-state index in [4.69, 9.17) is 16.3 Å². The molecule has 3 aromatic rings. The quantitative estimate of drug-likeness (QED) is 0.660. The normalized spacial score (nSPS) is 11.5. The predicted octanol–water partition coefficient (Wildman–Crippen LogP) is 2.90. The van der Waals surface area contributed by atoms with Gasteiger partial charge in [-0.1, -0.05) is 11.6 Å². The SMILES string of the molecule is Cc1nn2cccnc2c1C(=O)OCC(=O)Nc1ncc(C(F)(F)F)cc1Cl. The monoisotopic (exact) mass is 413 g/mol. The molecule has 1 amide bonds. The first-order valence-corrected chi connectivity index (χ1v) is 8.04. The van der Waals surface area contributed by atoms with Gasteiger partial charge < -0.3 is 10.1 Å². The third kappa shape index (κ3) is 4.03. The van der Waals surface area contributed by atoms with Crippen molar-refractivity contribution >= 4 is 34.9 Å². The van der Waals surface area contributed by atoms with Crippen LogP contribution in [0.1, 0.15) is 21.6 Å². The summed E-state index contributed by atoms with van der Waals surface area (Å²) in [6.45, 7) is 0.874. The molecular weight excluding hydrogens is 403 g/mol. The topological polar surface area (TPSA) is 98.5 Å². The average molecular weight is 414 g/mol. The molecular formula is C16H11ClF3N5O3.